The van der Waals surface area contributed by atoms with Gasteiger partial charge in [0.05, 0.1) is 18.1 Å². The normalized spacial score (nSPS) is 17.6. The molecule has 0 saturated carbocycles. The van der Waals surface area contributed by atoms with Crippen LogP contribution in [0.5, 0.6) is 6.01 Å². The highest BCUT2D eigenvalue weighted by atomic mass is 35.5. The number of likely N-dealkylation sites (tertiary alicyclic amines) is 1. The van der Waals surface area contributed by atoms with E-state index in [1.165, 1.54) is 14.2 Å². The first-order chi connectivity index (χ1) is 19.4. The minimum atomic E-state index is -4.86. The molecule has 0 spiro atoms. The van der Waals surface area contributed by atoms with Crippen LogP contribution in [0, 0.1) is 6.92 Å². The van der Waals surface area contributed by atoms with Crippen molar-refractivity contribution in [1.29, 1.82) is 0 Å². The zero-order valence-corrected chi connectivity index (χ0v) is 23.5. The Morgan fingerprint density at radius 3 is 2.51 bits per heavy atom. The maximum absolute atomic E-state index is 13.7. The van der Waals surface area contributed by atoms with Gasteiger partial charge in [-0.2, -0.15) is 23.3 Å². The summed E-state index contributed by atoms with van der Waals surface area (Å²) in [5, 5.41) is 5.77. The van der Waals surface area contributed by atoms with E-state index in [0.29, 0.717) is 18.0 Å². The third-order valence-electron chi connectivity index (χ3n) is 7.48. The van der Waals surface area contributed by atoms with Crippen LogP contribution in [0.4, 0.5) is 13.2 Å². The van der Waals surface area contributed by atoms with Gasteiger partial charge in [0, 0.05) is 44.7 Å². The number of carbonyl (C=O) groups excluding carboxylic acids is 2. The molecule has 1 N–H and O–H groups in total. The molecule has 0 unspecified atom stereocenters. The number of alkyl halides is 3. The van der Waals surface area contributed by atoms with E-state index in [0.717, 1.165) is 26.8 Å². The van der Waals surface area contributed by atoms with Crippen LogP contribution in [0.2, 0.25) is 5.15 Å². The largest absolute Gasteiger partial charge is 0.468 e. The minimum Gasteiger partial charge on any atom is -0.468 e. The summed E-state index contributed by atoms with van der Waals surface area (Å²) in [5.41, 5.74) is 1.56. The van der Waals surface area contributed by atoms with Gasteiger partial charge < -0.3 is 15.0 Å². The first kappa shape index (κ1) is 28.5. The number of ether oxygens (including phenoxy) is 1. The minimum absolute atomic E-state index is 0.199. The Bertz CT molecular complexity index is 1630. The molecule has 1 saturated heterocycles. The highest BCUT2D eigenvalue weighted by molar-refractivity contribution is 6.33. The predicted octanol–water partition coefficient (Wildman–Crippen LogP) is 4.72. The van der Waals surface area contributed by atoms with Crippen LogP contribution in [-0.4, -0.2) is 62.3 Å². The molecule has 4 aromatic rings. The van der Waals surface area contributed by atoms with Crippen molar-refractivity contribution >= 4 is 34.4 Å². The molecule has 1 aliphatic rings. The molecule has 13 heteroatoms. The first-order valence-electron chi connectivity index (χ1n) is 12.9. The standard InChI is InChI=1S/C28H28ClF3N6O3/c1-15-12-17(13-20-22(15)34-27(41-4)36(20)2)26(40)38-11-10-19(18(14-38)16-8-6-5-7-9-16)33-25(39)21-23(28(30,31)32)35-37(3)24(21)29/h5-9,12-13,18-19H,10-11,14H2,1-4H3,(H,33,39)/t18-,19-/m1/s1. The van der Waals surface area contributed by atoms with Crippen LogP contribution in [0.25, 0.3) is 11.0 Å². The van der Waals surface area contributed by atoms with Gasteiger partial charge in [0.2, 0.25) is 0 Å². The summed E-state index contributed by atoms with van der Waals surface area (Å²) >= 11 is 6.07. The number of aryl methyl sites for hydroxylation is 3. The average Bonchev–Trinajstić information content (AvgIpc) is 3.44. The number of rotatable bonds is 5. The highest BCUT2D eigenvalue weighted by Gasteiger charge is 2.42. The molecular formula is C28H28ClF3N6O3. The second-order valence-corrected chi connectivity index (χ2v) is 10.4. The van der Waals surface area contributed by atoms with Gasteiger partial charge >= 0.3 is 6.18 Å². The van der Waals surface area contributed by atoms with Crippen LogP contribution in [0.15, 0.2) is 42.5 Å². The van der Waals surface area contributed by atoms with E-state index in [1.807, 2.05) is 37.3 Å². The number of carbonyl (C=O) groups is 2. The number of piperidine rings is 1. The molecule has 1 fully saturated rings. The lowest BCUT2D eigenvalue weighted by molar-refractivity contribution is -0.141. The number of methoxy groups -OCH3 is 1. The fourth-order valence-electron chi connectivity index (χ4n) is 5.42. The molecule has 0 bridgehead atoms. The van der Waals surface area contributed by atoms with Crippen LogP contribution in [0.3, 0.4) is 0 Å². The van der Waals surface area contributed by atoms with Crippen molar-refractivity contribution in [3.63, 3.8) is 0 Å². The highest BCUT2D eigenvalue weighted by Crippen LogP contribution is 2.35. The molecule has 2 aromatic heterocycles. The first-order valence-corrected chi connectivity index (χ1v) is 13.2. The Balaban J connectivity index is 1.44. The number of hydrogen-bond acceptors (Lipinski definition) is 5. The predicted molar refractivity (Wildman–Crippen MR) is 146 cm³/mol. The molecule has 0 aliphatic carbocycles. The van der Waals surface area contributed by atoms with E-state index >= 15 is 0 Å². The molecule has 2 aromatic carbocycles. The summed E-state index contributed by atoms with van der Waals surface area (Å²) < 4.78 is 48.8. The van der Waals surface area contributed by atoms with E-state index < -0.39 is 34.5 Å². The SMILES string of the molecule is COc1nc2c(C)cc(C(=O)N3CC[C@@H](NC(=O)c4c(C(F)(F)F)nn(C)c4Cl)[C@@H](c4ccccc4)C3)cc2n1C. The summed E-state index contributed by atoms with van der Waals surface area (Å²) in [6.45, 7) is 2.40. The number of nitrogens with zero attached hydrogens (tertiary/aromatic N) is 5. The average molecular weight is 589 g/mol. The van der Waals surface area contributed by atoms with Gasteiger partial charge in [-0.25, -0.2) is 0 Å². The lowest BCUT2D eigenvalue weighted by Crippen LogP contribution is -2.51. The molecule has 3 heterocycles. The smallest absolute Gasteiger partial charge is 0.436 e. The molecule has 2 amide bonds. The lowest BCUT2D eigenvalue weighted by atomic mass is 9.85. The Morgan fingerprint density at radius 1 is 1.15 bits per heavy atom. The fraction of sp³-hybridized carbons (Fsp3) is 0.357. The van der Waals surface area contributed by atoms with Crippen molar-refractivity contribution in [1.82, 2.24) is 29.5 Å². The van der Waals surface area contributed by atoms with Gasteiger partial charge in [0.15, 0.2) is 5.69 Å². The van der Waals surface area contributed by atoms with E-state index in [2.05, 4.69) is 15.4 Å². The summed E-state index contributed by atoms with van der Waals surface area (Å²) in [4.78, 5) is 33.1. The molecule has 2 atom stereocenters. The zero-order chi connectivity index (χ0) is 29.6. The summed E-state index contributed by atoms with van der Waals surface area (Å²) in [6, 6.07) is 12.7. The maximum atomic E-state index is 13.7. The zero-order valence-electron chi connectivity index (χ0n) is 22.8. The quantitative estimate of drug-likeness (QED) is 0.364. The number of hydrogen-bond donors (Lipinski definition) is 1. The van der Waals surface area contributed by atoms with Crippen molar-refractivity contribution in [2.45, 2.75) is 31.5 Å². The molecular weight excluding hydrogens is 561 g/mol. The van der Waals surface area contributed by atoms with Gasteiger partial charge in [-0.3, -0.25) is 18.8 Å². The van der Waals surface area contributed by atoms with Crippen LogP contribution in [0.1, 0.15) is 49.9 Å². The van der Waals surface area contributed by atoms with Gasteiger partial charge in [0.25, 0.3) is 17.8 Å². The van der Waals surface area contributed by atoms with Crippen molar-refractivity contribution in [2.24, 2.45) is 14.1 Å². The van der Waals surface area contributed by atoms with Crippen molar-refractivity contribution in [3.8, 4) is 6.01 Å². The summed E-state index contributed by atoms with van der Waals surface area (Å²) in [7, 11) is 4.58. The Morgan fingerprint density at radius 2 is 1.85 bits per heavy atom. The molecule has 9 nitrogen and oxygen atoms in total. The lowest BCUT2D eigenvalue weighted by Gasteiger charge is -2.39. The van der Waals surface area contributed by atoms with Gasteiger partial charge in [-0.1, -0.05) is 41.9 Å². The Hall–Kier alpha value is -4.06. The number of benzene rings is 2. The Labute approximate surface area is 238 Å². The third kappa shape index (κ3) is 5.23. The number of amides is 2. The number of nitrogens with one attached hydrogen (secondary N) is 1. The van der Waals surface area contributed by atoms with E-state index in [-0.39, 0.29) is 24.9 Å². The summed E-state index contributed by atoms with van der Waals surface area (Å²) in [5.74, 6) is -1.55. The van der Waals surface area contributed by atoms with Crippen molar-refractivity contribution in [3.05, 3.63) is 75.6 Å². The molecule has 5 rings (SSSR count). The number of imidazole rings is 1. The van der Waals surface area contributed by atoms with Gasteiger partial charge in [-0.05, 0) is 36.6 Å². The van der Waals surface area contributed by atoms with E-state index in [4.69, 9.17) is 16.3 Å². The maximum Gasteiger partial charge on any atom is 0.436 e. The second-order valence-electron chi connectivity index (χ2n) is 10.1. The van der Waals surface area contributed by atoms with Crippen molar-refractivity contribution < 1.29 is 27.5 Å². The molecule has 41 heavy (non-hydrogen) atoms. The number of aromatic nitrogens is 4. The van der Waals surface area contributed by atoms with Crippen molar-refractivity contribution in [2.75, 3.05) is 20.2 Å². The monoisotopic (exact) mass is 588 g/mol. The fourth-order valence-corrected chi connectivity index (χ4v) is 5.63. The molecule has 216 valence electrons. The molecule has 0 radical (unpaired) electrons. The Kier molecular flexibility index (Phi) is 7.45. The van der Waals surface area contributed by atoms with Gasteiger partial charge in [0.1, 0.15) is 10.7 Å². The summed E-state index contributed by atoms with van der Waals surface area (Å²) in [6.07, 6.45) is -4.54. The third-order valence-corrected chi connectivity index (χ3v) is 7.92. The van der Waals surface area contributed by atoms with Crippen LogP contribution < -0.4 is 10.1 Å². The van der Waals surface area contributed by atoms with E-state index in [1.54, 1.807) is 28.6 Å². The second kappa shape index (κ2) is 10.7. The number of halogens is 4. The topological polar surface area (TPSA) is 94.3 Å². The van der Waals surface area contributed by atoms with E-state index in [9.17, 15) is 22.8 Å². The number of fused-ring (bicyclic) bond motifs is 1. The van der Waals surface area contributed by atoms with Crippen LogP contribution in [-0.2, 0) is 20.3 Å². The molecule has 1 aliphatic heterocycles. The van der Waals surface area contributed by atoms with Crippen LogP contribution >= 0.6 is 11.6 Å². The van der Waals surface area contributed by atoms with Gasteiger partial charge in [-0.15, -0.1) is 0 Å².